The molecule has 4 rings (SSSR count). The molecule has 3 aromatic rings. The second-order valence-corrected chi connectivity index (χ2v) is 8.62. The maximum Gasteiger partial charge on any atom is 0.201 e. The number of benzene rings is 3. The molecule has 3 aromatic carbocycles. The average Bonchev–Trinajstić information content (AvgIpc) is 2.83. The molecule has 0 atom stereocenters. The van der Waals surface area contributed by atoms with Gasteiger partial charge in [0.25, 0.3) is 0 Å². The smallest absolute Gasteiger partial charge is 0.201 e. The predicted octanol–water partition coefficient (Wildman–Crippen LogP) is 8.69. The quantitative estimate of drug-likeness (QED) is 0.341. The van der Waals surface area contributed by atoms with Crippen LogP contribution in [0.4, 0.5) is 13.2 Å². The lowest BCUT2D eigenvalue weighted by Crippen LogP contribution is -2.12. The molecule has 1 nitrogen and oxygen atoms in total. The molecule has 0 unspecified atom stereocenters. The lowest BCUT2D eigenvalue weighted by atomic mass is 9.78. The van der Waals surface area contributed by atoms with Crippen LogP contribution >= 0.6 is 0 Å². The van der Waals surface area contributed by atoms with Gasteiger partial charge in [-0.3, -0.25) is 0 Å². The summed E-state index contributed by atoms with van der Waals surface area (Å²) in [5.74, 6) is -1.32. The molecule has 1 aliphatic carbocycles. The van der Waals surface area contributed by atoms with Gasteiger partial charge in [0.15, 0.2) is 11.6 Å². The largest absolute Gasteiger partial charge is 0.491 e. The molecule has 33 heavy (non-hydrogen) atoms. The molecule has 1 saturated carbocycles. The Bertz CT molecular complexity index is 1130. The zero-order valence-electron chi connectivity index (χ0n) is 19.1. The highest BCUT2D eigenvalue weighted by atomic mass is 19.2. The molecule has 0 aliphatic heterocycles. The van der Waals surface area contributed by atoms with E-state index in [0.717, 1.165) is 42.4 Å². The van der Waals surface area contributed by atoms with Crippen LogP contribution in [0.25, 0.3) is 22.3 Å². The van der Waals surface area contributed by atoms with E-state index in [1.807, 2.05) is 19.1 Å². The van der Waals surface area contributed by atoms with Crippen molar-refractivity contribution in [1.82, 2.24) is 0 Å². The maximum absolute atomic E-state index is 15.0. The second-order valence-electron chi connectivity index (χ2n) is 8.62. The van der Waals surface area contributed by atoms with Crippen molar-refractivity contribution >= 4 is 0 Å². The summed E-state index contributed by atoms with van der Waals surface area (Å²) in [6.07, 6.45) is 8.56. The third-order valence-electron chi connectivity index (χ3n) is 6.55. The van der Waals surface area contributed by atoms with E-state index >= 15 is 0 Å². The van der Waals surface area contributed by atoms with Crippen molar-refractivity contribution in [2.75, 3.05) is 6.61 Å². The predicted molar refractivity (Wildman–Crippen MR) is 128 cm³/mol. The van der Waals surface area contributed by atoms with Crippen LogP contribution in [0.2, 0.25) is 0 Å². The van der Waals surface area contributed by atoms with Crippen LogP contribution in [0.3, 0.4) is 0 Å². The average molecular weight is 451 g/mol. The van der Waals surface area contributed by atoms with Crippen molar-refractivity contribution in [3.05, 3.63) is 89.8 Å². The molecule has 0 heterocycles. The summed E-state index contributed by atoms with van der Waals surface area (Å²) in [5, 5.41) is 0. The number of halogens is 3. The summed E-state index contributed by atoms with van der Waals surface area (Å²) >= 11 is 0. The molecular weight excluding hydrogens is 421 g/mol. The Morgan fingerprint density at radius 2 is 1.48 bits per heavy atom. The lowest BCUT2D eigenvalue weighted by Gasteiger charge is -2.27. The van der Waals surface area contributed by atoms with Gasteiger partial charge in [-0.1, -0.05) is 48.6 Å². The van der Waals surface area contributed by atoms with Crippen molar-refractivity contribution < 1.29 is 17.9 Å². The Balaban J connectivity index is 1.52. The normalized spacial score (nSPS) is 18.6. The van der Waals surface area contributed by atoms with Gasteiger partial charge >= 0.3 is 0 Å². The first kappa shape index (κ1) is 23.2. The monoisotopic (exact) mass is 450 g/mol. The molecule has 1 aliphatic rings. The Hall–Kier alpha value is -3.01. The SMILES string of the molecule is CC=CC1CCC(c2ccc(-c3ccc(-c4ccc(OCC)c(F)c4F)cc3)cc2F)CC1. The molecule has 0 N–H and O–H groups in total. The zero-order chi connectivity index (χ0) is 23.4. The second kappa shape index (κ2) is 10.3. The fraction of sp³-hybridized carbons (Fsp3) is 0.310. The van der Waals surface area contributed by atoms with Crippen LogP contribution in [0.5, 0.6) is 5.75 Å². The number of hydrogen-bond donors (Lipinski definition) is 0. The molecule has 0 amide bonds. The van der Waals surface area contributed by atoms with Gasteiger partial charge in [-0.25, -0.2) is 8.78 Å². The summed E-state index contributed by atoms with van der Waals surface area (Å²) in [4.78, 5) is 0. The molecule has 0 radical (unpaired) electrons. The van der Waals surface area contributed by atoms with E-state index in [1.54, 1.807) is 37.3 Å². The van der Waals surface area contributed by atoms with Crippen molar-refractivity contribution in [3.63, 3.8) is 0 Å². The fourth-order valence-corrected chi connectivity index (χ4v) is 4.80. The third-order valence-corrected chi connectivity index (χ3v) is 6.55. The summed E-state index contributed by atoms with van der Waals surface area (Å²) in [5.41, 5.74) is 3.10. The van der Waals surface area contributed by atoms with Gasteiger partial charge in [0.1, 0.15) is 5.82 Å². The van der Waals surface area contributed by atoms with Gasteiger partial charge in [-0.05, 0) is 91.8 Å². The molecule has 172 valence electrons. The van der Waals surface area contributed by atoms with E-state index < -0.39 is 11.6 Å². The summed E-state index contributed by atoms with van der Waals surface area (Å²) in [7, 11) is 0. The van der Waals surface area contributed by atoms with Crippen LogP contribution in [-0.4, -0.2) is 6.61 Å². The van der Waals surface area contributed by atoms with Gasteiger partial charge in [-0.15, -0.1) is 0 Å². The summed E-state index contributed by atoms with van der Waals surface area (Å²) in [6, 6.07) is 15.4. The van der Waals surface area contributed by atoms with Crippen molar-refractivity contribution in [3.8, 4) is 28.0 Å². The Kier molecular flexibility index (Phi) is 7.22. The third kappa shape index (κ3) is 5.00. The highest BCUT2D eigenvalue weighted by Gasteiger charge is 2.23. The van der Waals surface area contributed by atoms with Gasteiger partial charge < -0.3 is 4.74 Å². The summed E-state index contributed by atoms with van der Waals surface area (Å²) < 4.78 is 48.9. The van der Waals surface area contributed by atoms with Crippen LogP contribution in [0.15, 0.2) is 66.7 Å². The highest BCUT2D eigenvalue weighted by Crippen LogP contribution is 2.38. The first-order chi connectivity index (χ1) is 16.0. The van der Waals surface area contributed by atoms with Crippen LogP contribution < -0.4 is 4.74 Å². The number of ether oxygens (including phenoxy) is 1. The Labute approximate surface area is 193 Å². The zero-order valence-corrected chi connectivity index (χ0v) is 19.1. The molecule has 0 aromatic heterocycles. The first-order valence-corrected chi connectivity index (χ1v) is 11.7. The number of allylic oxidation sites excluding steroid dienone is 2. The van der Waals surface area contributed by atoms with Crippen molar-refractivity contribution in [2.24, 2.45) is 5.92 Å². The van der Waals surface area contributed by atoms with E-state index in [9.17, 15) is 13.2 Å². The molecule has 1 fully saturated rings. The minimum atomic E-state index is -0.990. The molecule has 0 bridgehead atoms. The van der Waals surface area contributed by atoms with Crippen LogP contribution in [-0.2, 0) is 0 Å². The topological polar surface area (TPSA) is 9.23 Å². The Morgan fingerprint density at radius 3 is 2.12 bits per heavy atom. The summed E-state index contributed by atoms with van der Waals surface area (Å²) in [6.45, 7) is 4.02. The molecule has 0 saturated heterocycles. The highest BCUT2D eigenvalue weighted by molar-refractivity contribution is 5.71. The molecule has 0 spiro atoms. The maximum atomic E-state index is 15.0. The van der Waals surface area contributed by atoms with Crippen LogP contribution in [0, 0.1) is 23.4 Å². The van der Waals surface area contributed by atoms with Crippen LogP contribution in [0.1, 0.15) is 51.0 Å². The van der Waals surface area contributed by atoms with Gasteiger partial charge in [-0.2, -0.15) is 4.39 Å². The first-order valence-electron chi connectivity index (χ1n) is 11.7. The van der Waals surface area contributed by atoms with E-state index in [4.69, 9.17) is 4.74 Å². The standard InChI is InChI=1S/C29H29F3O/c1-3-5-19-6-8-21(9-7-19)24-15-14-23(18-26(24)30)20-10-12-22(13-11-20)25-16-17-27(33-4-2)29(32)28(25)31/h3,5,10-19,21H,4,6-9H2,1-2H3. The fourth-order valence-electron chi connectivity index (χ4n) is 4.80. The van der Waals surface area contributed by atoms with Gasteiger partial charge in [0.2, 0.25) is 5.82 Å². The van der Waals surface area contributed by atoms with E-state index in [0.29, 0.717) is 11.5 Å². The number of rotatable bonds is 6. The minimum absolute atomic E-state index is 0.0961. The lowest BCUT2D eigenvalue weighted by molar-refractivity contribution is 0.314. The van der Waals surface area contributed by atoms with Crippen molar-refractivity contribution in [2.45, 2.75) is 45.4 Å². The van der Waals surface area contributed by atoms with Gasteiger partial charge in [0, 0.05) is 5.56 Å². The molecular formula is C29H29F3O. The van der Waals surface area contributed by atoms with E-state index in [-0.39, 0.29) is 29.7 Å². The minimum Gasteiger partial charge on any atom is -0.491 e. The Morgan fingerprint density at radius 1 is 0.818 bits per heavy atom. The van der Waals surface area contributed by atoms with Gasteiger partial charge in [0.05, 0.1) is 6.61 Å². The number of hydrogen-bond acceptors (Lipinski definition) is 1. The van der Waals surface area contributed by atoms with Crippen molar-refractivity contribution in [1.29, 1.82) is 0 Å². The molecule has 4 heteroatoms. The van der Waals surface area contributed by atoms with E-state index in [2.05, 4.69) is 12.2 Å². The van der Waals surface area contributed by atoms with E-state index in [1.165, 1.54) is 12.1 Å².